The van der Waals surface area contributed by atoms with Crippen molar-refractivity contribution in [3.8, 4) is 11.1 Å². The lowest BCUT2D eigenvalue weighted by atomic mass is 9.76. The highest BCUT2D eigenvalue weighted by Gasteiger charge is 2.49. The minimum Gasteiger partial charge on any atom is -0.345 e. The molecule has 0 saturated carbocycles. The summed E-state index contributed by atoms with van der Waals surface area (Å²) in [5.41, 5.74) is 4.71. The average Bonchev–Trinajstić information content (AvgIpc) is 3.24. The maximum Gasteiger partial charge on any atom is 0.239 e. The number of carbonyl (C=O) groups excluding carboxylic acids is 1. The van der Waals surface area contributed by atoms with Crippen LogP contribution in [0, 0.1) is 5.41 Å². The first-order valence-corrected chi connectivity index (χ1v) is 11.3. The van der Waals surface area contributed by atoms with E-state index in [-0.39, 0.29) is 11.9 Å². The molecule has 5 nitrogen and oxygen atoms in total. The van der Waals surface area contributed by atoms with E-state index in [0.29, 0.717) is 5.92 Å². The molecule has 1 fully saturated rings. The van der Waals surface area contributed by atoms with Gasteiger partial charge in [0, 0.05) is 29.9 Å². The van der Waals surface area contributed by atoms with Crippen molar-refractivity contribution in [3.63, 3.8) is 0 Å². The molecule has 158 valence electrons. The van der Waals surface area contributed by atoms with Crippen molar-refractivity contribution in [2.75, 3.05) is 7.05 Å². The van der Waals surface area contributed by atoms with Crippen molar-refractivity contribution in [1.82, 2.24) is 15.2 Å². The lowest BCUT2D eigenvalue weighted by Gasteiger charge is -2.45. The zero-order valence-electron chi connectivity index (χ0n) is 18.6. The first-order chi connectivity index (χ1) is 14.7. The van der Waals surface area contributed by atoms with Crippen LogP contribution in [-0.4, -0.2) is 36.6 Å². The first kappa shape index (κ1) is 21.3. The lowest BCUT2D eigenvalue weighted by molar-refractivity contribution is -0.131. The standard InChI is InChI=1S/C24H27BN4OS/c1-14(2)15-5-7-16(8-6-15)21-22(30)29(4)23(26)28-24(21,3)20-10-18(13-31-20)17-9-19(25)12-27-11-17/h5-14,21H,25H2,1-4H3,(H2,26,28)/t21-,24-/m1/s1. The van der Waals surface area contributed by atoms with E-state index < -0.39 is 11.5 Å². The van der Waals surface area contributed by atoms with Gasteiger partial charge in [-0.3, -0.25) is 20.1 Å². The van der Waals surface area contributed by atoms with Crippen LogP contribution in [0.3, 0.4) is 0 Å². The second-order valence-corrected chi connectivity index (χ2v) is 9.69. The van der Waals surface area contributed by atoms with Gasteiger partial charge in [-0.2, -0.15) is 0 Å². The van der Waals surface area contributed by atoms with Crippen LogP contribution >= 0.6 is 11.3 Å². The molecule has 4 rings (SSSR count). The molecule has 0 aliphatic carbocycles. The van der Waals surface area contributed by atoms with Gasteiger partial charge in [0.2, 0.25) is 5.91 Å². The van der Waals surface area contributed by atoms with Gasteiger partial charge in [-0.05, 0) is 41.0 Å². The van der Waals surface area contributed by atoms with Crippen LogP contribution in [0.4, 0.5) is 0 Å². The Morgan fingerprint density at radius 1 is 1.19 bits per heavy atom. The van der Waals surface area contributed by atoms with Crippen molar-refractivity contribution < 1.29 is 4.79 Å². The maximum absolute atomic E-state index is 13.4. The van der Waals surface area contributed by atoms with Crippen LogP contribution < -0.4 is 10.8 Å². The number of hydrogen-bond donors (Lipinski definition) is 2. The van der Waals surface area contributed by atoms with Gasteiger partial charge in [-0.15, -0.1) is 11.3 Å². The molecule has 0 unspecified atom stereocenters. The Morgan fingerprint density at radius 3 is 2.55 bits per heavy atom. The summed E-state index contributed by atoms with van der Waals surface area (Å²) in [6, 6.07) is 12.5. The second kappa shape index (κ2) is 7.96. The zero-order chi connectivity index (χ0) is 22.3. The molecule has 3 aromatic rings. The third-order valence-electron chi connectivity index (χ3n) is 6.12. The summed E-state index contributed by atoms with van der Waals surface area (Å²) in [7, 11) is 3.69. The summed E-state index contributed by atoms with van der Waals surface area (Å²) in [6.45, 7) is 6.35. The molecule has 7 heteroatoms. The van der Waals surface area contributed by atoms with Gasteiger partial charge in [0.1, 0.15) is 7.85 Å². The number of hydrogen-bond acceptors (Lipinski definition) is 4. The Morgan fingerprint density at radius 2 is 1.90 bits per heavy atom. The summed E-state index contributed by atoms with van der Waals surface area (Å²) < 4.78 is 0. The highest BCUT2D eigenvalue weighted by molar-refractivity contribution is 7.10. The van der Waals surface area contributed by atoms with E-state index >= 15 is 0 Å². The maximum atomic E-state index is 13.4. The number of carbonyl (C=O) groups is 1. The second-order valence-electron chi connectivity index (χ2n) is 8.78. The Kier molecular flexibility index (Phi) is 5.48. The van der Waals surface area contributed by atoms with Gasteiger partial charge in [-0.25, -0.2) is 0 Å². The smallest absolute Gasteiger partial charge is 0.239 e. The summed E-state index contributed by atoms with van der Waals surface area (Å²) in [6.07, 6.45) is 3.70. The van der Waals surface area contributed by atoms with E-state index in [9.17, 15) is 4.79 Å². The van der Waals surface area contributed by atoms with Gasteiger partial charge in [0.25, 0.3) is 0 Å². The van der Waals surface area contributed by atoms with Gasteiger partial charge < -0.3 is 5.32 Å². The predicted octanol–water partition coefficient (Wildman–Crippen LogP) is 3.19. The number of benzene rings is 1. The summed E-state index contributed by atoms with van der Waals surface area (Å²) in [4.78, 5) is 20.1. The van der Waals surface area contributed by atoms with E-state index in [2.05, 4.69) is 65.9 Å². The largest absolute Gasteiger partial charge is 0.345 e. The van der Waals surface area contributed by atoms with Crippen molar-refractivity contribution >= 4 is 36.5 Å². The molecular weight excluding hydrogens is 403 g/mol. The van der Waals surface area contributed by atoms with E-state index in [1.165, 1.54) is 10.5 Å². The summed E-state index contributed by atoms with van der Waals surface area (Å²) >= 11 is 1.61. The molecule has 1 saturated heterocycles. The molecule has 1 amide bonds. The normalized spacial score (nSPS) is 21.5. The molecule has 0 radical (unpaired) electrons. The number of thiophene rings is 1. The van der Waals surface area contributed by atoms with Crippen LogP contribution in [0.25, 0.3) is 11.1 Å². The Hall–Kier alpha value is -2.93. The SMILES string of the molecule is Bc1cncc(-c2csc([C@@]3(C)NC(=N)N(C)C(=O)[C@H]3c3ccc(C(C)C)cc3)c2)c1. The number of nitrogens with one attached hydrogen (secondary N) is 2. The van der Waals surface area contributed by atoms with Crippen LogP contribution in [0.2, 0.25) is 0 Å². The summed E-state index contributed by atoms with van der Waals surface area (Å²) in [5.74, 6) is 0.0413. The van der Waals surface area contributed by atoms with Crippen LogP contribution in [0.15, 0.2) is 54.2 Å². The fourth-order valence-corrected chi connectivity index (χ4v) is 5.25. The number of likely N-dealkylation sites (N-methyl/N-ethyl adjacent to an activating group) is 1. The lowest BCUT2D eigenvalue weighted by Crippen LogP contribution is -2.62. The number of guanidine groups is 1. The van der Waals surface area contributed by atoms with Crippen LogP contribution in [0.5, 0.6) is 0 Å². The predicted molar refractivity (Wildman–Crippen MR) is 130 cm³/mol. The van der Waals surface area contributed by atoms with Crippen molar-refractivity contribution in [3.05, 3.63) is 70.2 Å². The average molecular weight is 430 g/mol. The molecule has 2 atom stereocenters. The third kappa shape index (κ3) is 3.78. The zero-order valence-corrected chi connectivity index (χ0v) is 19.4. The molecule has 1 aromatic carbocycles. The molecule has 1 aliphatic rings. The Bertz CT molecular complexity index is 1140. The number of nitrogens with zero attached hydrogens (tertiary/aromatic N) is 2. The van der Waals surface area contributed by atoms with Gasteiger partial charge in [-0.1, -0.05) is 49.6 Å². The van der Waals surface area contributed by atoms with Gasteiger partial charge >= 0.3 is 0 Å². The molecule has 0 bridgehead atoms. The van der Waals surface area contributed by atoms with E-state index in [1.807, 2.05) is 27.2 Å². The minimum absolute atomic E-state index is 0.0734. The summed E-state index contributed by atoms with van der Waals surface area (Å²) in [5, 5.41) is 13.8. The fourth-order valence-electron chi connectivity index (χ4n) is 4.18. The molecule has 0 spiro atoms. The number of amides is 1. The molecule has 1 aliphatic heterocycles. The van der Waals surface area contributed by atoms with E-state index in [0.717, 1.165) is 27.0 Å². The quantitative estimate of drug-likeness (QED) is 0.625. The molecule has 31 heavy (non-hydrogen) atoms. The van der Waals surface area contributed by atoms with Crippen molar-refractivity contribution in [1.29, 1.82) is 5.41 Å². The Labute approximate surface area is 188 Å². The monoisotopic (exact) mass is 430 g/mol. The highest BCUT2D eigenvalue weighted by atomic mass is 32.1. The Balaban J connectivity index is 1.79. The molecule has 2 aromatic heterocycles. The molecule has 3 heterocycles. The molecule has 2 N–H and O–H groups in total. The van der Waals surface area contributed by atoms with E-state index in [1.54, 1.807) is 18.4 Å². The van der Waals surface area contributed by atoms with Crippen LogP contribution in [-0.2, 0) is 10.3 Å². The van der Waals surface area contributed by atoms with Crippen LogP contribution in [0.1, 0.15) is 48.6 Å². The van der Waals surface area contributed by atoms with Crippen molar-refractivity contribution in [2.24, 2.45) is 0 Å². The number of pyridine rings is 1. The van der Waals surface area contributed by atoms with Gasteiger partial charge in [0.15, 0.2) is 5.96 Å². The number of rotatable bonds is 4. The first-order valence-electron chi connectivity index (χ1n) is 10.5. The number of aromatic nitrogens is 1. The van der Waals surface area contributed by atoms with Gasteiger partial charge in [0.05, 0.1) is 11.5 Å². The fraction of sp³-hybridized carbons (Fsp3) is 0.292. The van der Waals surface area contributed by atoms with E-state index in [4.69, 9.17) is 5.41 Å². The topological polar surface area (TPSA) is 69.1 Å². The third-order valence-corrected chi connectivity index (χ3v) is 7.29. The minimum atomic E-state index is -0.722. The molecular formula is C24H27BN4OS. The highest BCUT2D eigenvalue weighted by Crippen LogP contribution is 2.44. The van der Waals surface area contributed by atoms with Crippen molar-refractivity contribution in [2.45, 2.75) is 38.1 Å².